The lowest BCUT2D eigenvalue weighted by molar-refractivity contribution is 0.0178. The van der Waals surface area contributed by atoms with E-state index < -0.39 is 11.4 Å². The summed E-state index contributed by atoms with van der Waals surface area (Å²) in [6, 6.07) is 55.5. The first kappa shape index (κ1) is 62.6. The summed E-state index contributed by atoms with van der Waals surface area (Å²) in [5.41, 5.74) is 26.0. The molecule has 0 aliphatic heterocycles. The van der Waals surface area contributed by atoms with Crippen LogP contribution in [-0.4, -0.2) is 59.3 Å². The number of carbonyl (C=O) groups is 1. The van der Waals surface area contributed by atoms with E-state index in [1.165, 1.54) is 89.3 Å². The molecule has 84 heavy (non-hydrogen) atoms. The van der Waals surface area contributed by atoms with E-state index in [9.17, 15) is 4.79 Å². The van der Waals surface area contributed by atoms with Crippen LogP contribution in [0.2, 0.25) is 0 Å². The minimum atomic E-state index is -0.422. The highest BCUT2D eigenvalue weighted by Crippen LogP contribution is 2.53. The first-order chi connectivity index (χ1) is 39.9. The Labute approximate surface area is 502 Å². The molecule has 8 nitrogen and oxygen atoms in total. The van der Waals surface area contributed by atoms with Crippen LogP contribution in [0.3, 0.4) is 0 Å². The molecule has 0 aromatic heterocycles. The summed E-state index contributed by atoms with van der Waals surface area (Å²) >= 11 is 0. The lowest BCUT2D eigenvalue weighted by atomic mass is 9.73. The first-order valence-corrected chi connectivity index (χ1v) is 29.8. The van der Waals surface area contributed by atoms with Gasteiger partial charge in [-0.05, 0) is 202 Å². The second-order valence-corrected chi connectivity index (χ2v) is 25.0. The smallest absolute Gasteiger partial charge is 0.341 e. The van der Waals surface area contributed by atoms with Gasteiger partial charge < -0.3 is 33.5 Å². The molecular formula is C76H90N2O6. The highest BCUT2D eigenvalue weighted by atomic mass is 16.6. The van der Waals surface area contributed by atoms with Gasteiger partial charge in [0.05, 0.1) is 51.0 Å². The standard InChI is InChI=1S/C44H52N2.C32H38O6/c1-29-13-17-37(18-14-29)45(41-31(3)25-35(26-32(41)4)43(7,8)9)39-21-23-40(24-22-39)46(38-19-15-30(2)16-20-38)42-33(5)27-36(28-34(42)6)44(10,11)12;1-6-37-31(33)27-21-24(9-12-30(27)38-18-17-36-16-15-35-14-13-34-5)32(4)28-19-22(2)7-10-25(28)26-11-8-23(3)20-29(26)32/h13-28H,1-12H3;7-12,19-21H,6,13-18H2,1-5H3. The molecule has 8 aromatic carbocycles. The lowest BCUT2D eigenvalue weighted by Gasteiger charge is -2.32. The van der Waals surface area contributed by atoms with Crippen LogP contribution < -0.4 is 14.5 Å². The number of benzene rings is 8. The zero-order chi connectivity index (χ0) is 60.7. The topological polar surface area (TPSA) is 69.7 Å². The van der Waals surface area contributed by atoms with Crippen LogP contribution in [0.4, 0.5) is 34.1 Å². The zero-order valence-electron chi connectivity index (χ0n) is 53.2. The molecule has 440 valence electrons. The first-order valence-electron chi connectivity index (χ1n) is 29.8. The largest absolute Gasteiger partial charge is 0.490 e. The minimum Gasteiger partial charge on any atom is -0.490 e. The van der Waals surface area contributed by atoms with Crippen LogP contribution >= 0.6 is 0 Å². The third-order valence-electron chi connectivity index (χ3n) is 16.2. The van der Waals surface area contributed by atoms with Crippen molar-refractivity contribution >= 4 is 40.1 Å². The highest BCUT2D eigenvalue weighted by molar-refractivity contribution is 5.94. The Morgan fingerprint density at radius 1 is 0.452 bits per heavy atom. The number of anilines is 6. The molecule has 0 spiro atoms. The quantitative estimate of drug-likeness (QED) is 0.0586. The Morgan fingerprint density at radius 2 is 0.821 bits per heavy atom. The predicted molar refractivity (Wildman–Crippen MR) is 350 cm³/mol. The summed E-state index contributed by atoms with van der Waals surface area (Å²) in [7, 11) is 1.64. The Morgan fingerprint density at radius 3 is 1.20 bits per heavy atom. The van der Waals surface area contributed by atoms with Gasteiger partial charge in [0.1, 0.15) is 17.9 Å². The second-order valence-electron chi connectivity index (χ2n) is 25.0. The SMILES string of the molecule is CCOC(=O)c1cc(C2(C)c3cc(C)ccc3-c3ccc(C)cc32)ccc1OCCOCCOCCOC.Cc1ccc(N(c2ccc(N(c3ccc(C)cc3)c3c(C)cc(C(C)(C)C)cc3C)cc2)c2c(C)cc(C(C)(C)C)cc2C)cc1. The number of aryl methyl sites for hydroxylation is 8. The molecule has 8 heteroatoms. The predicted octanol–water partition coefficient (Wildman–Crippen LogP) is 18.9. The molecule has 0 bridgehead atoms. The van der Waals surface area contributed by atoms with Crippen molar-refractivity contribution in [2.24, 2.45) is 0 Å². The van der Waals surface area contributed by atoms with Crippen molar-refractivity contribution in [3.8, 4) is 16.9 Å². The zero-order valence-corrected chi connectivity index (χ0v) is 53.2. The van der Waals surface area contributed by atoms with Crippen molar-refractivity contribution < 1.29 is 28.5 Å². The second kappa shape index (κ2) is 26.6. The number of esters is 1. The van der Waals surface area contributed by atoms with Crippen LogP contribution in [-0.2, 0) is 35.2 Å². The summed E-state index contributed by atoms with van der Waals surface area (Å²) in [6.07, 6.45) is 0. The molecular weight excluding hydrogens is 1040 g/mol. The van der Waals surface area contributed by atoms with E-state index in [1.807, 2.05) is 12.1 Å². The minimum absolute atomic E-state index is 0.0885. The third-order valence-corrected chi connectivity index (χ3v) is 16.2. The number of rotatable bonds is 19. The molecule has 0 amide bonds. The van der Waals surface area contributed by atoms with Crippen molar-refractivity contribution in [2.45, 2.75) is 127 Å². The van der Waals surface area contributed by atoms with Gasteiger partial charge in [0.25, 0.3) is 0 Å². The number of nitrogens with zero attached hydrogens (tertiary/aromatic N) is 2. The molecule has 0 N–H and O–H groups in total. The average Bonchev–Trinajstić information content (AvgIpc) is 1.68. The molecule has 8 aromatic rings. The molecule has 0 atom stereocenters. The molecule has 9 rings (SSSR count). The molecule has 0 heterocycles. The number of methoxy groups -OCH3 is 1. The van der Waals surface area contributed by atoms with Gasteiger partial charge in [0, 0.05) is 35.3 Å². The maximum Gasteiger partial charge on any atom is 0.341 e. The maximum absolute atomic E-state index is 13.0. The van der Waals surface area contributed by atoms with Crippen molar-refractivity contribution in [3.63, 3.8) is 0 Å². The Bertz CT molecular complexity index is 3330. The van der Waals surface area contributed by atoms with Crippen LogP contribution in [0.5, 0.6) is 5.75 Å². The molecule has 1 aliphatic rings. The number of fused-ring (bicyclic) bond motifs is 3. The van der Waals surface area contributed by atoms with Crippen molar-refractivity contribution in [1.82, 2.24) is 0 Å². The summed E-state index contributed by atoms with van der Waals surface area (Å²) in [5.74, 6) is 0.0926. The Hall–Kier alpha value is -7.49. The fourth-order valence-corrected chi connectivity index (χ4v) is 11.5. The Kier molecular flexibility index (Phi) is 19.8. The van der Waals surface area contributed by atoms with Gasteiger partial charge >= 0.3 is 5.97 Å². The highest BCUT2D eigenvalue weighted by Gasteiger charge is 2.41. The van der Waals surface area contributed by atoms with Gasteiger partial charge in [-0.2, -0.15) is 0 Å². The molecule has 0 radical (unpaired) electrons. The number of carbonyl (C=O) groups excluding carboxylic acids is 1. The summed E-state index contributed by atoms with van der Waals surface area (Å²) < 4.78 is 27.4. The normalized spacial score (nSPS) is 12.5. The molecule has 1 aliphatic carbocycles. The maximum atomic E-state index is 13.0. The van der Waals surface area contributed by atoms with Gasteiger partial charge in [-0.15, -0.1) is 0 Å². The van der Waals surface area contributed by atoms with E-state index in [2.05, 4.69) is 253 Å². The summed E-state index contributed by atoms with van der Waals surface area (Å²) in [6.45, 7) is 38.3. The van der Waals surface area contributed by atoms with E-state index in [0.717, 1.165) is 28.3 Å². The van der Waals surface area contributed by atoms with Crippen LogP contribution in [0, 0.1) is 55.4 Å². The lowest BCUT2D eigenvalue weighted by Crippen LogP contribution is -2.24. The van der Waals surface area contributed by atoms with E-state index in [0.29, 0.717) is 51.0 Å². The van der Waals surface area contributed by atoms with Gasteiger partial charge in [0.2, 0.25) is 0 Å². The molecule has 0 unspecified atom stereocenters. The van der Waals surface area contributed by atoms with E-state index in [-0.39, 0.29) is 17.4 Å². The third kappa shape index (κ3) is 14.0. The summed E-state index contributed by atoms with van der Waals surface area (Å²) in [4.78, 5) is 17.9. The number of hydrogen-bond acceptors (Lipinski definition) is 8. The Balaban J connectivity index is 0.000000223. The summed E-state index contributed by atoms with van der Waals surface area (Å²) in [5, 5.41) is 0. The molecule has 0 fully saturated rings. The van der Waals surface area contributed by atoms with E-state index in [1.54, 1.807) is 14.0 Å². The van der Waals surface area contributed by atoms with Crippen LogP contribution in [0.25, 0.3) is 11.1 Å². The monoisotopic (exact) mass is 1130 g/mol. The van der Waals surface area contributed by atoms with Crippen molar-refractivity contribution in [3.05, 3.63) is 230 Å². The van der Waals surface area contributed by atoms with Gasteiger partial charge in [-0.25, -0.2) is 4.79 Å². The number of hydrogen-bond donors (Lipinski definition) is 0. The van der Waals surface area contributed by atoms with Crippen LogP contribution in [0.15, 0.2) is 152 Å². The van der Waals surface area contributed by atoms with Crippen molar-refractivity contribution in [1.29, 1.82) is 0 Å². The fraction of sp³-hybridized carbons (Fsp3) is 0.355. The average molecular weight is 1130 g/mol. The van der Waals surface area contributed by atoms with Gasteiger partial charge in [0.15, 0.2) is 0 Å². The van der Waals surface area contributed by atoms with E-state index >= 15 is 0 Å². The van der Waals surface area contributed by atoms with Crippen molar-refractivity contribution in [2.75, 3.05) is 63.2 Å². The van der Waals surface area contributed by atoms with E-state index in [4.69, 9.17) is 23.7 Å². The molecule has 0 saturated carbocycles. The van der Waals surface area contributed by atoms with Gasteiger partial charge in [-0.1, -0.05) is 155 Å². The molecule has 0 saturated heterocycles. The van der Waals surface area contributed by atoms with Gasteiger partial charge in [-0.3, -0.25) is 0 Å². The number of ether oxygens (including phenoxy) is 5. The van der Waals surface area contributed by atoms with Crippen LogP contribution in [0.1, 0.15) is 138 Å². The fourth-order valence-electron chi connectivity index (χ4n) is 11.5.